The average Bonchev–Trinajstić information content (AvgIpc) is 0.848. The molecule has 0 radical (unpaired) electrons. The van der Waals surface area contributed by atoms with Crippen molar-refractivity contribution in [2.45, 2.75) is 341 Å². The zero-order valence-corrected chi connectivity index (χ0v) is 73.6. The molecule has 2 unspecified atom stereocenters. The third-order valence-corrected chi connectivity index (χ3v) is 22.6. The summed E-state index contributed by atoms with van der Waals surface area (Å²) in [7, 11) is 0. The van der Waals surface area contributed by atoms with Crippen LogP contribution in [0.15, 0.2) is 115 Å². The Morgan fingerprint density at radius 3 is 1.24 bits per heavy atom. The van der Waals surface area contributed by atoms with Crippen LogP contribution < -0.4 is 28.4 Å². The fourth-order valence-corrected chi connectivity index (χ4v) is 15.2. The molecule has 1 saturated carbocycles. The summed E-state index contributed by atoms with van der Waals surface area (Å²) in [6, 6.07) is 35.9. The van der Waals surface area contributed by atoms with Crippen LogP contribution in [0.25, 0.3) is 0 Å². The van der Waals surface area contributed by atoms with Gasteiger partial charge in [0.05, 0.1) is 90.7 Å². The molecule has 1 aliphatic carbocycles. The predicted octanol–water partition coefficient (Wildman–Crippen LogP) is 24.5. The summed E-state index contributed by atoms with van der Waals surface area (Å²) in [5.41, 5.74) is 4.11. The van der Waals surface area contributed by atoms with Crippen LogP contribution in [0, 0.1) is 11.8 Å². The minimum absolute atomic E-state index is 0.0000989. The van der Waals surface area contributed by atoms with Gasteiger partial charge in [0.25, 0.3) is 0 Å². The molecule has 5 aromatic rings. The van der Waals surface area contributed by atoms with E-state index < -0.39 is 24.2 Å². The summed E-state index contributed by atoms with van der Waals surface area (Å²) >= 11 is 0. The van der Waals surface area contributed by atoms with E-state index in [2.05, 4.69) is 45.0 Å². The topological polar surface area (TPSA) is 244 Å². The van der Waals surface area contributed by atoms with E-state index in [0.29, 0.717) is 111 Å². The van der Waals surface area contributed by atoms with Gasteiger partial charge in [-0.1, -0.05) is 218 Å². The highest BCUT2D eigenvalue weighted by Gasteiger charge is 2.24. The standard InChI is InChI=1S/C101H150O19/c1-4-7-27-40-81(39-6-3)42-43-83-46-56-90(57-47-83)119-99(107)86-52-58-88(59-53-86)110-71-30-18-9-13-22-34-76-115-96(104)68-69-98(106)117-78-37-25-16-12-21-33-74-113-94-65-64-92(80-93(94)101(109)118-79-38-26-17-29-70-102)112-73-32-20-11-15-24-36-77-116-97(105)67-66-95(103)114-75-35-23-14-10-19-31-72-111-89-60-54-87(55-61-89)100(108)120-91-62-50-85(51-63-91)84-48-44-82(45-49-84)41-28-8-5-2/h46-47,50-65,80-82,84,99,102,107H,4-45,48-49,66-79H2,1-3H3. The maximum Gasteiger partial charge on any atom is 0.343 e. The van der Waals surface area contributed by atoms with Crippen molar-refractivity contribution in [3.8, 4) is 34.5 Å². The Balaban J connectivity index is 0.684. The summed E-state index contributed by atoms with van der Waals surface area (Å²) in [6.07, 6.45) is 44.8. The first kappa shape index (κ1) is 101. The Kier molecular flexibility index (Phi) is 55.0. The zero-order chi connectivity index (χ0) is 85.3. The molecule has 1 aliphatic rings. The van der Waals surface area contributed by atoms with Gasteiger partial charge in [-0.15, -0.1) is 0 Å². The molecule has 668 valence electrons. The van der Waals surface area contributed by atoms with Gasteiger partial charge in [0, 0.05) is 12.2 Å². The van der Waals surface area contributed by atoms with Crippen molar-refractivity contribution in [1.82, 2.24) is 0 Å². The Labute approximate surface area is 719 Å². The van der Waals surface area contributed by atoms with E-state index in [4.69, 9.17) is 57.2 Å². The Morgan fingerprint density at radius 2 is 0.767 bits per heavy atom. The minimum Gasteiger partial charge on any atom is -0.494 e. The van der Waals surface area contributed by atoms with Gasteiger partial charge in [-0.3, -0.25) is 19.2 Å². The quantitative estimate of drug-likeness (QED) is 0.0121. The number of aliphatic hydroxyl groups is 2. The molecule has 1 fully saturated rings. The van der Waals surface area contributed by atoms with Crippen molar-refractivity contribution >= 4 is 35.8 Å². The van der Waals surface area contributed by atoms with Gasteiger partial charge in [-0.25, -0.2) is 9.59 Å². The lowest BCUT2D eigenvalue weighted by Gasteiger charge is -2.29. The van der Waals surface area contributed by atoms with Crippen molar-refractivity contribution in [3.63, 3.8) is 0 Å². The van der Waals surface area contributed by atoms with Crippen LogP contribution in [0.4, 0.5) is 0 Å². The lowest BCUT2D eigenvalue weighted by Crippen LogP contribution is -2.13. The van der Waals surface area contributed by atoms with Crippen LogP contribution in [0.3, 0.4) is 0 Å². The van der Waals surface area contributed by atoms with Gasteiger partial charge >= 0.3 is 35.8 Å². The maximum absolute atomic E-state index is 13.4. The SMILES string of the molecule is CCCCCC(CCC)CCc1ccc(OC(O)c2ccc(OCCCCCCCCOC(=O)CCC(=O)OCCCCCCCCOc3ccc(OCCCCCCCCOC(=O)CCC(=O)OCCCCCCCCOc4ccc(C(=O)Oc5ccc(C6CCC(CCCCC)CC6)cc5)cc4)cc3C(=O)OCCCCCCO)cc2)cc1. The molecule has 2 atom stereocenters. The van der Waals surface area contributed by atoms with Crippen LogP contribution >= 0.6 is 0 Å². The van der Waals surface area contributed by atoms with E-state index in [-0.39, 0.29) is 56.8 Å². The first-order valence-electron chi connectivity index (χ1n) is 46.8. The molecule has 5 aromatic carbocycles. The second kappa shape index (κ2) is 65.5. The van der Waals surface area contributed by atoms with Crippen molar-refractivity contribution < 1.29 is 91.1 Å². The summed E-state index contributed by atoms with van der Waals surface area (Å²) < 4.78 is 62.8. The molecule has 0 saturated heterocycles. The molecule has 0 amide bonds. The van der Waals surface area contributed by atoms with E-state index >= 15 is 0 Å². The Hall–Kier alpha value is -8.16. The number of benzene rings is 5. The summed E-state index contributed by atoms with van der Waals surface area (Å²) in [4.78, 5) is 75.5. The lowest BCUT2D eigenvalue weighted by molar-refractivity contribution is -0.150. The van der Waals surface area contributed by atoms with Gasteiger partial charge in [0.2, 0.25) is 6.29 Å². The van der Waals surface area contributed by atoms with E-state index in [1.165, 1.54) is 107 Å². The van der Waals surface area contributed by atoms with Crippen molar-refractivity contribution in [2.75, 3.05) is 66.1 Å². The number of carbonyl (C=O) groups is 6. The molecule has 19 nitrogen and oxygen atoms in total. The molecule has 6 rings (SSSR count). The average molecular weight is 1670 g/mol. The van der Waals surface area contributed by atoms with Crippen LogP contribution in [0.1, 0.15) is 372 Å². The third kappa shape index (κ3) is 46.7. The largest absolute Gasteiger partial charge is 0.494 e. The van der Waals surface area contributed by atoms with Crippen molar-refractivity contribution in [2.24, 2.45) is 11.8 Å². The highest BCUT2D eigenvalue weighted by Crippen LogP contribution is 2.39. The zero-order valence-electron chi connectivity index (χ0n) is 73.6. The van der Waals surface area contributed by atoms with Gasteiger partial charge < -0.3 is 62.3 Å². The van der Waals surface area contributed by atoms with Gasteiger partial charge in [-0.05, 0) is 229 Å². The third-order valence-electron chi connectivity index (χ3n) is 22.6. The van der Waals surface area contributed by atoms with Gasteiger partial charge in [-0.2, -0.15) is 0 Å². The Morgan fingerprint density at radius 1 is 0.358 bits per heavy atom. The summed E-state index contributed by atoms with van der Waals surface area (Å²) in [5.74, 6) is 3.50. The highest BCUT2D eigenvalue weighted by molar-refractivity contribution is 5.93. The number of aliphatic hydroxyl groups excluding tert-OH is 2. The number of aryl methyl sites for hydroxylation is 1. The number of hydrogen-bond donors (Lipinski definition) is 2. The molecule has 120 heavy (non-hydrogen) atoms. The first-order valence-corrected chi connectivity index (χ1v) is 46.8. The Bertz CT molecular complexity index is 3480. The second-order valence-corrected chi connectivity index (χ2v) is 32.8. The fourth-order valence-electron chi connectivity index (χ4n) is 15.2. The molecular formula is C101H150O19. The predicted molar refractivity (Wildman–Crippen MR) is 473 cm³/mol. The first-order chi connectivity index (χ1) is 58.8. The summed E-state index contributed by atoms with van der Waals surface area (Å²) in [5, 5.41) is 19.9. The normalized spacial score (nSPS) is 13.7. The highest BCUT2D eigenvalue weighted by atomic mass is 16.6. The van der Waals surface area contributed by atoms with Crippen molar-refractivity contribution in [1.29, 1.82) is 0 Å². The van der Waals surface area contributed by atoms with Crippen LogP contribution in [-0.2, 0) is 49.3 Å². The number of rotatable bonds is 72. The number of hydrogen-bond acceptors (Lipinski definition) is 19. The number of ether oxygens (including phenoxy) is 11. The monoisotopic (exact) mass is 1670 g/mol. The van der Waals surface area contributed by atoms with E-state index in [9.17, 15) is 33.9 Å². The van der Waals surface area contributed by atoms with Gasteiger partial charge in [0.15, 0.2) is 0 Å². The van der Waals surface area contributed by atoms with E-state index in [1.54, 1.807) is 24.3 Å². The summed E-state index contributed by atoms with van der Waals surface area (Å²) in [6.45, 7) is 10.6. The number of carbonyl (C=O) groups excluding carboxylic acids is 6. The molecule has 0 heterocycles. The minimum atomic E-state index is -1.07. The molecule has 0 aliphatic heterocycles. The fraction of sp³-hybridized carbons (Fsp3) is 0.644. The van der Waals surface area contributed by atoms with E-state index in [1.807, 2.05) is 66.7 Å². The molecule has 19 heteroatoms. The second-order valence-electron chi connectivity index (χ2n) is 32.8. The molecule has 0 spiro atoms. The van der Waals surface area contributed by atoms with Crippen LogP contribution in [0.2, 0.25) is 0 Å². The molecular weight excluding hydrogens is 1520 g/mol. The lowest BCUT2D eigenvalue weighted by atomic mass is 9.77. The van der Waals surface area contributed by atoms with Gasteiger partial charge in [0.1, 0.15) is 40.1 Å². The number of esters is 6. The molecule has 0 aromatic heterocycles. The molecule has 0 bridgehead atoms. The van der Waals surface area contributed by atoms with Crippen LogP contribution in [-0.4, -0.2) is 112 Å². The number of unbranched alkanes of at least 4 members (excludes halogenated alkanes) is 27. The van der Waals surface area contributed by atoms with Crippen LogP contribution in [0.5, 0.6) is 34.5 Å². The maximum atomic E-state index is 13.4. The molecule has 2 N–H and O–H groups in total. The van der Waals surface area contributed by atoms with Crippen molar-refractivity contribution in [3.05, 3.63) is 143 Å². The smallest absolute Gasteiger partial charge is 0.343 e. The van der Waals surface area contributed by atoms with E-state index in [0.717, 1.165) is 197 Å².